The quantitative estimate of drug-likeness (QED) is 0.453. The minimum atomic E-state index is -3.93. The summed E-state index contributed by atoms with van der Waals surface area (Å²) in [4.78, 5) is 14.5. The van der Waals surface area contributed by atoms with E-state index in [0.717, 1.165) is 5.56 Å². The highest BCUT2D eigenvalue weighted by Gasteiger charge is 2.37. The molecule has 0 bridgehead atoms. The molecule has 1 amide bonds. The van der Waals surface area contributed by atoms with E-state index in [1.807, 2.05) is 13.8 Å². The van der Waals surface area contributed by atoms with Crippen molar-refractivity contribution >= 4 is 16.1 Å². The molecule has 1 fully saturated rings. The molecule has 0 radical (unpaired) electrons. The van der Waals surface area contributed by atoms with E-state index in [2.05, 4.69) is 0 Å². The Morgan fingerprint density at radius 2 is 1.74 bits per heavy atom. The van der Waals surface area contributed by atoms with Crippen molar-refractivity contribution in [1.82, 2.24) is 9.21 Å². The molecule has 9 nitrogen and oxygen atoms in total. The van der Waals surface area contributed by atoms with Crippen LogP contribution in [-0.4, -0.2) is 66.8 Å². The largest absolute Gasteiger partial charge is 0.497 e. The van der Waals surface area contributed by atoms with Gasteiger partial charge in [-0.3, -0.25) is 0 Å². The lowest BCUT2D eigenvalue weighted by Gasteiger charge is -2.39. The Labute approximate surface area is 226 Å². The Balaban J connectivity index is 1.90. The van der Waals surface area contributed by atoms with Crippen LogP contribution in [0.15, 0.2) is 53.4 Å². The van der Waals surface area contributed by atoms with Crippen LogP contribution < -0.4 is 4.74 Å². The number of hydrogen-bond donors (Lipinski definition) is 1. The molecule has 1 heterocycles. The van der Waals surface area contributed by atoms with Crippen molar-refractivity contribution in [2.75, 3.05) is 20.2 Å². The predicted molar refractivity (Wildman–Crippen MR) is 144 cm³/mol. The van der Waals surface area contributed by atoms with Crippen LogP contribution in [0.3, 0.4) is 0 Å². The Kier molecular flexibility index (Phi) is 9.80. The summed E-state index contributed by atoms with van der Waals surface area (Å²) in [5.74, 6) is 0.557. The molecule has 0 aliphatic carbocycles. The number of carbonyl (C=O) groups is 1. The fraction of sp³-hybridized carbons (Fsp3) is 0.536. The van der Waals surface area contributed by atoms with Crippen molar-refractivity contribution in [2.45, 2.75) is 82.9 Å². The second-order valence-corrected chi connectivity index (χ2v) is 12.6. The van der Waals surface area contributed by atoms with E-state index >= 15 is 0 Å². The lowest BCUT2D eigenvalue weighted by atomic mass is 10.1. The summed E-state index contributed by atoms with van der Waals surface area (Å²) >= 11 is 0. The van der Waals surface area contributed by atoms with Gasteiger partial charge in [-0.05, 0) is 77.3 Å². The van der Waals surface area contributed by atoms with Crippen molar-refractivity contribution in [3.8, 4) is 5.75 Å². The maximum Gasteiger partial charge on any atom is 0.410 e. The van der Waals surface area contributed by atoms with E-state index < -0.39 is 34.0 Å². The molecule has 0 aromatic heterocycles. The highest BCUT2D eigenvalue weighted by Crippen LogP contribution is 2.28. The van der Waals surface area contributed by atoms with E-state index in [1.54, 1.807) is 62.1 Å². The third kappa shape index (κ3) is 7.92. The molecule has 1 aliphatic heterocycles. The SMILES string of the molecule is COc1ccc(S(=O)(=O)N(Cc2ccc(C(O)OC(C)C)cc2)C2CCCN(C(=O)OC(C)(C)C)C2)cc1. The van der Waals surface area contributed by atoms with Gasteiger partial charge in [-0.2, -0.15) is 4.31 Å². The molecule has 1 saturated heterocycles. The summed E-state index contributed by atoms with van der Waals surface area (Å²) < 4.78 is 45.5. The van der Waals surface area contributed by atoms with Gasteiger partial charge in [0.2, 0.25) is 10.0 Å². The molecule has 2 aromatic carbocycles. The van der Waals surface area contributed by atoms with Crippen LogP contribution in [0.5, 0.6) is 5.75 Å². The fourth-order valence-electron chi connectivity index (χ4n) is 4.28. The Morgan fingerprint density at radius 3 is 2.29 bits per heavy atom. The first kappa shape index (κ1) is 29.9. The monoisotopic (exact) mass is 548 g/mol. The van der Waals surface area contributed by atoms with Crippen LogP contribution >= 0.6 is 0 Å². The number of hydrogen-bond acceptors (Lipinski definition) is 7. The summed E-state index contributed by atoms with van der Waals surface area (Å²) in [7, 11) is -2.40. The minimum absolute atomic E-state index is 0.0998. The van der Waals surface area contributed by atoms with Gasteiger partial charge in [0.25, 0.3) is 0 Å². The third-order valence-corrected chi connectivity index (χ3v) is 8.04. The smallest absolute Gasteiger partial charge is 0.410 e. The van der Waals surface area contributed by atoms with Gasteiger partial charge in [0.1, 0.15) is 11.4 Å². The summed E-state index contributed by atoms with van der Waals surface area (Å²) in [6.45, 7) is 9.92. The maximum absolute atomic E-state index is 13.9. The number of ether oxygens (including phenoxy) is 3. The molecule has 2 aromatic rings. The van der Waals surface area contributed by atoms with Gasteiger partial charge >= 0.3 is 6.09 Å². The summed E-state index contributed by atoms with van der Waals surface area (Å²) in [5.41, 5.74) is 0.683. The number of carbonyl (C=O) groups excluding carboxylic acids is 1. The molecule has 210 valence electrons. The number of likely N-dealkylation sites (tertiary alicyclic amines) is 1. The topological polar surface area (TPSA) is 106 Å². The summed E-state index contributed by atoms with van der Waals surface area (Å²) in [5, 5.41) is 10.3. The predicted octanol–water partition coefficient (Wildman–Crippen LogP) is 4.70. The first-order valence-corrected chi connectivity index (χ1v) is 14.3. The molecular weight excluding hydrogens is 508 g/mol. The molecule has 10 heteroatoms. The lowest BCUT2D eigenvalue weighted by molar-refractivity contribution is -0.129. The number of methoxy groups -OCH3 is 1. The van der Waals surface area contributed by atoms with Gasteiger partial charge in [0.05, 0.1) is 18.1 Å². The number of aliphatic hydroxyl groups is 1. The number of benzene rings is 2. The van der Waals surface area contributed by atoms with Gasteiger partial charge in [0.15, 0.2) is 6.29 Å². The summed E-state index contributed by atoms with van der Waals surface area (Å²) in [6, 6.07) is 12.9. The molecule has 38 heavy (non-hydrogen) atoms. The second kappa shape index (κ2) is 12.5. The normalized spacial score (nSPS) is 17.5. The Morgan fingerprint density at radius 1 is 1.11 bits per heavy atom. The van der Waals surface area contributed by atoms with Crippen LogP contribution in [0.4, 0.5) is 4.79 Å². The number of rotatable bonds is 9. The van der Waals surface area contributed by atoms with Crippen molar-refractivity contribution < 1.29 is 32.5 Å². The van der Waals surface area contributed by atoms with Crippen LogP contribution in [0.2, 0.25) is 0 Å². The van der Waals surface area contributed by atoms with Crippen LogP contribution in [0.25, 0.3) is 0 Å². The standard InChI is InChI=1S/C28H40N2O7S/c1-20(2)36-26(31)22-11-9-21(10-12-22)18-30(38(33,34)25-15-13-24(35-6)14-16-25)23-8-7-17-29(19-23)27(32)37-28(3,4)5/h9-16,20,23,26,31H,7-8,17-19H2,1-6H3. The van der Waals surface area contributed by atoms with Crippen LogP contribution in [0, 0.1) is 0 Å². The van der Waals surface area contributed by atoms with Crippen LogP contribution in [0.1, 0.15) is 64.9 Å². The average Bonchev–Trinajstić information content (AvgIpc) is 2.86. The molecule has 2 atom stereocenters. The Hall–Kier alpha value is -2.66. The maximum atomic E-state index is 13.9. The van der Waals surface area contributed by atoms with E-state index in [-0.39, 0.29) is 24.1 Å². The second-order valence-electron chi connectivity index (χ2n) is 10.7. The Bertz CT molecular complexity index is 1160. The molecule has 0 spiro atoms. The van der Waals surface area contributed by atoms with Crippen molar-refractivity contribution in [1.29, 1.82) is 0 Å². The molecule has 2 unspecified atom stereocenters. The third-order valence-electron chi connectivity index (χ3n) is 6.13. The number of nitrogens with zero attached hydrogens (tertiary/aromatic N) is 2. The van der Waals surface area contributed by atoms with Gasteiger partial charge in [-0.15, -0.1) is 0 Å². The molecule has 3 rings (SSSR count). The van der Waals surface area contributed by atoms with Gasteiger partial charge in [0, 0.05) is 31.2 Å². The van der Waals surface area contributed by atoms with Crippen LogP contribution in [-0.2, 0) is 26.0 Å². The van der Waals surface area contributed by atoms with E-state index in [9.17, 15) is 18.3 Å². The van der Waals surface area contributed by atoms with Crippen molar-refractivity contribution in [2.24, 2.45) is 0 Å². The minimum Gasteiger partial charge on any atom is -0.497 e. The molecular formula is C28H40N2O7S. The number of piperidine rings is 1. The van der Waals surface area contributed by atoms with E-state index in [4.69, 9.17) is 14.2 Å². The van der Waals surface area contributed by atoms with E-state index in [1.165, 1.54) is 23.5 Å². The zero-order valence-electron chi connectivity index (χ0n) is 23.1. The number of amides is 1. The van der Waals surface area contributed by atoms with Crippen molar-refractivity contribution in [3.05, 3.63) is 59.7 Å². The first-order valence-electron chi connectivity index (χ1n) is 12.9. The number of aliphatic hydroxyl groups excluding tert-OH is 1. The highest BCUT2D eigenvalue weighted by atomic mass is 32.2. The van der Waals surface area contributed by atoms with Gasteiger partial charge < -0.3 is 24.2 Å². The van der Waals surface area contributed by atoms with Crippen molar-refractivity contribution in [3.63, 3.8) is 0 Å². The fourth-order valence-corrected chi connectivity index (χ4v) is 5.91. The zero-order valence-corrected chi connectivity index (χ0v) is 23.9. The lowest BCUT2D eigenvalue weighted by Crippen LogP contribution is -2.52. The molecule has 0 saturated carbocycles. The molecule has 1 aliphatic rings. The highest BCUT2D eigenvalue weighted by molar-refractivity contribution is 7.89. The zero-order chi connectivity index (χ0) is 28.1. The average molecular weight is 549 g/mol. The van der Waals surface area contributed by atoms with Gasteiger partial charge in [-0.1, -0.05) is 24.3 Å². The van der Waals surface area contributed by atoms with Gasteiger partial charge in [-0.25, -0.2) is 13.2 Å². The van der Waals surface area contributed by atoms with E-state index in [0.29, 0.717) is 30.7 Å². The summed E-state index contributed by atoms with van der Waals surface area (Å²) in [6.07, 6.45) is -0.408. The number of sulfonamides is 1. The molecule has 1 N–H and O–H groups in total. The first-order chi connectivity index (χ1) is 17.8.